The molecular weight excluding hydrogens is 253 g/mol. The van der Waals surface area contributed by atoms with E-state index in [-0.39, 0.29) is 11.1 Å². The summed E-state index contributed by atoms with van der Waals surface area (Å²) in [7, 11) is 0. The third-order valence-electron chi connectivity index (χ3n) is 3.72. The number of benzene rings is 1. The Morgan fingerprint density at radius 2 is 2.11 bits per heavy atom. The lowest BCUT2D eigenvalue weighted by molar-refractivity contribution is 0.0453. The van der Waals surface area contributed by atoms with Crippen LogP contribution in [0.25, 0.3) is 0 Å². The Balaban J connectivity index is 1.94. The Bertz CT molecular complexity index is 418. The highest BCUT2D eigenvalue weighted by molar-refractivity contribution is 6.30. The maximum atomic E-state index is 13.3. The molecule has 0 spiro atoms. The number of halogens is 2. The molecule has 0 radical (unpaired) electrons. The molecule has 1 aromatic rings. The lowest BCUT2D eigenvalue weighted by Crippen LogP contribution is -2.39. The third-order valence-corrected chi connectivity index (χ3v) is 4.02. The van der Waals surface area contributed by atoms with Gasteiger partial charge in [0.15, 0.2) is 0 Å². The summed E-state index contributed by atoms with van der Waals surface area (Å²) < 4.78 is 13.3. The van der Waals surface area contributed by atoms with E-state index in [2.05, 4.69) is 5.32 Å². The van der Waals surface area contributed by atoms with E-state index >= 15 is 0 Å². The van der Waals surface area contributed by atoms with Gasteiger partial charge in [-0.2, -0.15) is 0 Å². The van der Waals surface area contributed by atoms with Crippen molar-refractivity contribution in [2.75, 3.05) is 6.54 Å². The summed E-state index contributed by atoms with van der Waals surface area (Å²) in [5.74, 6) is -0.401. The second-order valence-electron chi connectivity index (χ2n) is 5.21. The summed E-state index contributed by atoms with van der Waals surface area (Å²) >= 11 is 5.65. The first-order chi connectivity index (χ1) is 8.50. The molecule has 4 heteroatoms. The van der Waals surface area contributed by atoms with Crippen molar-refractivity contribution in [2.45, 2.75) is 44.2 Å². The average Bonchev–Trinajstić information content (AvgIpc) is 2.77. The van der Waals surface area contributed by atoms with E-state index in [0.29, 0.717) is 6.54 Å². The highest BCUT2D eigenvalue weighted by atomic mass is 35.5. The quantitative estimate of drug-likeness (QED) is 0.879. The molecule has 1 atom stereocenters. The topological polar surface area (TPSA) is 32.3 Å². The van der Waals surface area contributed by atoms with Gasteiger partial charge in [-0.25, -0.2) is 4.39 Å². The van der Waals surface area contributed by atoms with E-state index in [1.807, 2.05) is 13.0 Å². The lowest BCUT2D eigenvalue weighted by atomic mass is 10.0. The Labute approximate surface area is 112 Å². The SMILES string of the molecule is CC(NCC1(O)CCCC1)c1ccc(Cl)c(F)c1. The second kappa shape index (κ2) is 5.55. The molecule has 2 N–H and O–H groups in total. The number of hydrogen-bond acceptors (Lipinski definition) is 2. The first kappa shape index (κ1) is 13.8. The van der Waals surface area contributed by atoms with Gasteiger partial charge < -0.3 is 10.4 Å². The lowest BCUT2D eigenvalue weighted by Gasteiger charge is -2.25. The van der Waals surface area contributed by atoms with Crippen LogP contribution in [0.2, 0.25) is 5.02 Å². The molecule has 2 rings (SSSR count). The Morgan fingerprint density at radius 1 is 1.44 bits per heavy atom. The van der Waals surface area contributed by atoms with Crippen LogP contribution in [0.5, 0.6) is 0 Å². The molecule has 2 nitrogen and oxygen atoms in total. The molecule has 1 saturated carbocycles. The van der Waals surface area contributed by atoms with E-state index in [9.17, 15) is 9.50 Å². The van der Waals surface area contributed by atoms with E-state index in [4.69, 9.17) is 11.6 Å². The predicted octanol–water partition coefficient (Wildman–Crippen LogP) is 3.43. The van der Waals surface area contributed by atoms with Crippen LogP contribution in [0, 0.1) is 5.82 Å². The molecule has 18 heavy (non-hydrogen) atoms. The van der Waals surface area contributed by atoms with Crippen LogP contribution in [0.4, 0.5) is 4.39 Å². The molecule has 100 valence electrons. The number of rotatable bonds is 4. The predicted molar refractivity (Wildman–Crippen MR) is 71.2 cm³/mol. The molecule has 1 unspecified atom stereocenters. The maximum absolute atomic E-state index is 13.3. The fraction of sp³-hybridized carbons (Fsp3) is 0.571. The minimum atomic E-state index is -0.584. The van der Waals surface area contributed by atoms with E-state index in [1.54, 1.807) is 6.07 Å². The van der Waals surface area contributed by atoms with Crippen molar-refractivity contribution in [2.24, 2.45) is 0 Å². The zero-order valence-electron chi connectivity index (χ0n) is 10.5. The molecule has 0 saturated heterocycles. The van der Waals surface area contributed by atoms with Crippen LogP contribution in [-0.2, 0) is 0 Å². The molecule has 0 amide bonds. The molecule has 1 aliphatic rings. The minimum Gasteiger partial charge on any atom is -0.389 e. The average molecular weight is 272 g/mol. The summed E-state index contributed by atoms with van der Waals surface area (Å²) in [6, 6.07) is 4.82. The van der Waals surface area contributed by atoms with Crippen molar-refractivity contribution in [3.05, 3.63) is 34.6 Å². The number of aliphatic hydroxyl groups is 1. The van der Waals surface area contributed by atoms with Crippen LogP contribution in [-0.4, -0.2) is 17.3 Å². The standard InChI is InChI=1S/C14H19ClFNO/c1-10(11-4-5-12(15)13(16)8-11)17-9-14(18)6-2-3-7-14/h4-5,8,10,17-18H,2-3,6-7,9H2,1H3. The van der Waals surface area contributed by atoms with E-state index < -0.39 is 11.4 Å². The fourth-order valence-corrected chi connectivity index (χ4v) is 2.57. The molecule has 0 aromatic heterocycles. The van der Waals surface area contributed by atoms with Crippen molar-refractivity contribution < 1.29 is 9.50 Å². The third kappa shape index (κ3) is 3.22. The summed E-state index contributed by atoms with van der Waals surface area (Å²) in [6.07, 6.45) is 3.87. The Hall–Kier alpha value is -0.640. The van der Waals surface area contributed by atoms with Crippen LogP contribution in [0.1, 0.15) is 44.2 Å². The summed E-state index contributed by atoms with van der Waals surface area (Å²) in [4.78, 5) is 0. The molecule has 0 aliphatic heterocycles. The normalized spacial score (nSPS) is 20.0. The van der Waals surface area contributed by atoms with Gasteiger partial charge in [-0.15, -0.1) is 0 Å². The van der Waals surface area contributed by atoms with Gasteiger partial charge in [0.05, 0.1) is 10.6 Å². The van der Waals surface area contributed by atoms with Crippen LogP contribution in [0.15, 0.2) is 18.2 Å². The van der Waals surface area contributed by atoms with Crippen LogP contribution in [0.3, 0.4) is 0 Å². The zero-order chi connectivity index (χ0) is 13.2. The first-order valence-corrected chi connectivity index (χ1v) is 6.79. The number of hydrogen-bond donors (Lipinski definition) is 2. The molecule has 1 aliphatic carbocycles. The maximum Gasteiger partial charge on any atom is 0.142 e. The monoisotopic (exact) mass is 271 g/mol. The molecule has 1 aromatic carbocycles. The van der Waals surface area contributed by atoms with Crippen molar-refractivity contribution >= 4 is 11.6 Å². The molecule has 0 bridgehead atoms. The molecule has 0 heterocycles. The molecular formula is C14H19ClFNO. The zero-order valence-corrected chi connectivity index (χ0v) is 11.3. The second-order valence-corrected chi connectivity index (χ2v) is 5.61. The summed E-state index contributed by atoms with van der Waals surface area (Å²) in [6.45, 7) is 2.51. The van der Waals surface area contributed by atoms with Crippen molar-refractivity contribution in [3.8, 4) is 0 Å². The van der Waals surface area contributed by atoms with Gasteiger partial charge in [0.1, 0.15) is 5.82 Å². The van der Waals surface area contributed by atoms with Gasteiger partial charge in [0.25, 0.3) is 0 Å². The van der Waals surface area contributed by atoms with Gasteiger partial charge in [-0.1, -0.05) is 30.5 Å². The highest BCUT2D eigenvalue weighted by Crippen LogP contribution is 2.29. The summed E-state index contributed by atoms with van der Waals surface area (Å²) in [5, 5.41) is 13.6. The van der Waals surface area contributed by atoms with Crippen LogP contribution < -0.4 is 5.32 Å². The van der Waals surface area contributed by atoms with Gasteiger partial charge in [0, 0.05) is 12.6 Å². The van der Waals surface area contributed by atoms with Gasteiger partial charge in [-0.05, 0) is 37.5 Å². The van der Waals surface area contributed by atoms with Gasteiger partial charge >= 0.3 is 0 Å². The smallest absolute Gasteiger partial charge is 0.142 e. The first-order valence-electron chi connectivity index (χ1n) is 6.41. The van der Waals surface area contributed by atoms with Gasteiger partial charge in [0.2, 0.25) is 0 Å². The minimum absolute atomic E-state index is 0.00129. The number of nitrogens with one attached hydrogen (secondary N) is 1. The van der Waals surface area contributed by atoms with Crippen molar-refractivity contribution in [1.82, 2.24) is 5.32 Å². The summed E-state index contributed by atoms with van der Waals surface area (Å²) in [5.41, 5.74) is 0.262. The van der Waals surface area contributed by atoms with Gasteiger partial charge in [-0.3, -0.25) is 0 Å². The Morgan fingerprint density at radius 3 is 2.72 bits per heavy atom. The van der Waals surface area contributed by atoms with E-state index in [0.717, 1.165) is 31.2 Å². The van der Waals surface area contributed by atoms with Crippen LogP contribution >= 0.6 is 11.6 Å². The largest absolute Gasteiger partial charge is 0.389 e. The van der Waals surface area contributed by atoms with Crippen molar-refractivity contribution in [3.63, 3.8) is 0 Å². The van der Waals surface area contributed by atoms with Crippen molar-refractivity contribution in [1.29, 1.82) is 0 Å². The molecule has 1 fully saturated rings. The fourth-order valence-electron chi connectivity index (χ4n) is 2.45. The highest BCUT2D eigenvalue weighted by Gasteiger charge is 2.31. The van der Waals surface area contributed by atoms with E-state index in [1.165, 1.54) is 6.07 Å². The Kier molecular flexibility index (Phi) is 4.25.